The Bertz CT molecular complexity index is 575. The molecule has 0 aliphatic rings. The largest absolute Gasteiger partial charge is 0.438 e. The molecule has 1 aromatic carbocycles. The summed E-state index contributed by atoms with van der Waals surface area (Å²) in [6.07, 6.45) is 0. The molecule has 1 aromatic heterocycles. The molecule has 18 heavy (non-hydrogen) atoms. The highest BCUT2D eigenvalue weighted by Gasteiger charge is 2.07. The van der Waals surface area contributed by atoms with Gasteiger partial charge in [-0.2, -0.15) is 0 Å². The van der Waals surface area contributed by atoms with Gasteiger partial charge in [-0.15, -0.1) is 0 Å². The number of halogens is 2. The van der Waals surface area contributed by atoms with Crippen molar-refractivity contribution in [2.24, 2.45) is 5.73 Å². The standard InChI is InChI=1S/C13H12BrFN2O/c1-8-4-9(7-16)5-13(17-8)18-12-6-10(15)2-3-11(12)14/h2-6H,7,16H2,1H3. The normalized spacial score (nSPS) is 10.4. The predicted molar refractivity (Wildman–Crippen MR) is 71.0 cm³/mol. The fraction of sp³-hybridized carbons (Fsp3) is 0.154. The van der Waals surface area contributed by atoms with E-state index in [1.807, 2.05) is 13.0 Å². The second-order valence-electron chi connectivity index (χ2n) is 3.84. The number of aromatic nitrogens is 1. The maximum Gasteiger partial charge on any atom is 0.219 e. The Labute approximate surface area is 113 Å². The number of rotatable bonds is 3. The zero-order valence-electron chi connectivity index (χ0n) is 9.78. The van der Waals surface area contributed by atoms with Crippen molar-refractivity contribution >= 4 is 15.9 Å². The third-order valence-electron chi connectivity index (χ3n) is 2.33. The van der Waals surface area contributed by atoms with Crippen molar-refractivity contribution in [1.82, 2.24) is 4.98 Å². The lowest BCUT2D eigenvalue weighted by atomic mass is 10.2. The first kappa shape index (κ1) is 13.0. The number of aryl methyl sites for hydroxylation is 1. The van der Waals surface area contributed by atoms with E-state index in [1.165, 1.54) is 12.1 Å². The van der Waals surface area contributed by atoms with Crippen LogP contribution in [0.1, 0.15) is 11.3 Å². The summed E-state index contributed by atoms with van der Waals surface area (Å²) in [6, 6.07) is 7.87. The first-order valence-corrected chi connectivity index (χ1v) is 6.18. The molecule has 0 amide bonds. The van der Waals surface area contributed by atoms with Crippen LogP contribution in [0.4, 0.5) is 4.39 Å². The van der Waals surface area contributed by atoms with Gasteiger partial charge in [0.05, 0.1) is 4.47 Å². The van der Waals surface area contributed by atoms with E-state index in [9.17, 15) is 4.39 Å². The fourth-order valence-corrected chi connectivity index (χ4v) is 1.87. The average molecular weight is 311 g/mol. The highest BCUT2D eigenvalue weighted by Crippen LogP contribution is 2.29. The SMILES string of the molecule is Cc1cc(CN)cc(Oc2cc(F)ccc2Br)n1. The Hall–Kier alpha value is -1.46. The van der Waals surface area contributed by atoms with Gasteiger partial charge < -0.3 is 10.5 Å². The lowest BCUT2D eigenvalue weighted by Crippen LogP contribution is -1.99. The van der Waals surface area contributed by atoms with Crippen LogP contribution in [0.2, 0.25) is 0 Å². The topological polar surface area (TPSA) is 48.1 Å². The molecule has 0 saturated heterocycles. The number of nitrogens with two attached hydrogens (primary N) is 1. The van der Waals surface area contributed by atoms with E-state index in [0.717, 1.165) is 11.3 Å². The van der Waals surface area contributed by atoms with E-state index in [1.54, 1.807) is 12.1 Å². The van der Waals surface area contributed by atoms with E-state index in [4.69, 9.17) is 10.5 Å². The van der Waals surface area contributed by atoms with Crippen LogP contribution in [-0.4, -0.2) is 4.98 Å². The maximum atomic E-state index is 13.1. The van der Waals surface area contributed by atoms with Crippen LogP contribution in [0.15, 0.2) is 34.8 Å². The zero-order valence-corrected chi connectivity index (χ0v) is 11.4. The molecule has 0 radical (unpaired) electrons. The Balaban J connectivity index is 2.33. The third kappa shape index (κ3) is 3.05. The molecule has 0 unspecified atom stereocenters. The summed E-state index contributed by atoms with van der Waals surface area (Å²) >= 11 is 3.30. The lowest BCUT2D eigenvalue weighted by molar-refractivity contribution is 0.453. The van der Waals surface area contributed by atoms with Gasteiger partial charge in [0.2, 0.25) is 5.88 Å². The van der Waals surface area contributed by atoms with Gasteiger partial charge in [0.1, 0.15) is 11.6 Å². The minimum atomic E-state index is -0.361. The zero-order chi connectivity index (χ0) is 13.1. The summed E-state index contributed by atoms with van der Waals surface area (Å²) in [5.74, 6) is 0.428. The number of ether oxygens (including phenoxy) is 1. The van der Waals surface area contributed by atoms with Gasteiger partial charge in [0.25, 0.3) is 0 Å². The Kier molecular flexibility index (Phi) is 3.93. The smallest absolute Gasteiger partial charge is 0.219 e. The molecule has 0 saturated carbocycles. The first-order valence-electron chi connectivity index (χ1n) is 5.39. The van der Waals surface area contributed by atoms with E-state index in [-0.39, 0.29) is 5.82 Å². The Morgan fingerprint density at radius 3 is 2.83 bits per heavy atom. The molecule has 2 rings (SSSR count). The van der Waals surface area contributed by atoms with Crippen LogP contribution in [0.5, 0.6) is 11.6 Å². The Morgan fingerprint density at radius 2 is 2.11 bits per heavy atom. The van der Waals surface area contributed by atoms with Gasteiger partial charge in [0.15, 0.2) is 0 Å². The van der Waals surface area contributed by atoms with Crippen LogP contribution >= 0.6 is 15.9 Å². The molecule has 0 bridgehead atoms. The molecular formula is C13H12BrFN2O. The van der Waals surface area contributed by atoms with Gasteiger partial charge in [0, 0.05) is 24.4 Å². The predicted octanol–water partition coefficient (Wildman–Crippen LogP) is 3.54. The monoisotopic (exact) mass is 310 g/mol. The van der Waals surface area contributed by atoms with Crippen molar-refractivity contribution in [3.8, 4) is 11.6 Å². The minimum absolute atomic E-state index is 0.361. The van der Waals surface area contributed by atoms with Gasteiger partial charge in [-0.05, 0) is 46.6 Å². The maximum absolute atomic E-state index is 13.1. The summed E-state index contributed by atoms with van der Waals surface area (Å²) < 4.78 is 19.4. The lowest BCUT2D eigenvalue weighted by Gasteiger charge is -2.09. The van der Waals surface area contributed by atoms with E-state index < -0.39 is 0 Å². The van der Waals surface area contributed by atoms with Gasteiger partial charge in [-0.1, -0.05) is 0 Å². The number of benzene rings is 1. The minimum Gasteiger partial charge on any atom is -0.438 e. The summed E-state index contributed by atoms with van der Waals surface area (Å²) in [6.45, 7) is 2.26. The molecule has 3 nitrogen and oxygen atoms in total. The summed E-state index contributed by atoms with van der Waals surface area (Å²) in [5.41, 5.74) is 7.31. The van der Waals surface area contributed by atoms with Crippen LogP contribution in [0.25, 0.3) is 0 Å². The summed E-state index contributed by atoms with van der Waals surface area (Å²) in [7, 11) is 0. The number of pyridine rings is 1. The van der Waals surface area contributed by atoms with E-state index >= 15 is 0 Å². The highest BCUT2D eigenvalue weighted by molar-refractivity contribution is 9.10. The van der Waals surface area contributed by atoms with E-state index in [0.29, 0.717) is 22.6 Å². The molecule has 94 valence electrons. The van der Waals surface area contributed by atoms with E-state index in [2.05, 4.69) is 20.9 Å². The van der Waals surface area contributed by atoms with Gasteiger partial charge >= 0.3 is 0 Å². The van der Waals surface area contributed by atoms with Crippen molar-refractivity contribution in [2.45, 2.75) is 13.5 Å². The third-order valence-corrected chi connectivity index (χ3v) is 2.99. The summed E-state index contributed by atoms with van der Waals surface area (Å²) in [4.78, 5) is 4.23. The number of nitrogens with zero attached hydrogens (tertiary/aromatic N) is 1. The number of hydrogen-bond acceptors (Lipinski definition) is 3. The molecule has 0 aliphatic heterocycles. The van der Waals surface area contributed by atoms with Crippen LogP contribution in [-0.2, 0) is 6.54 Å². The first-order chi connectivity index (χ1) is 8.58. The molecule has 0 fully saturated rings. The molecule has 0 aliphatic carbocycles. The number of hydrogen-bond donors (Lipinski definition) is 1. The second kappa shape index (κ2) is 5.46. The average Bonchev–Trinajstić information content (AvgIpc) is 2.33. The second-order valence-corrected chi connectivity index (χ2v) is 4.69. The van der Waals surface area contributed by atoms with Crippen molar-refractivity contribution in [2.75, 3.05) is 0 Å². The molecule has 1 heterocycles. The van der Waals surface area contributed by atoms with Crippen LogP contribution < -0.4 is 10.5 Å². The molecule has 2 aromatic rings. The van der Waals surface area contributed by atoms with Crippen molar-refractivity contribution in [1.29, 1.82) is 0 Å². The molecule has 5 heteroatoms. The molecule has 2 N–H and O–H groups in total. The molecule has 0 spiro atoms. The van der Waals surface area contributed by atoms with Crippen molar-refractivity contribution in [3.05, 3.63) is 51.9 Å². The fourth-order valence-electron chi connectivity index (χ4n) is 1.55. The van der Waals surface area contributed by atoms with Crippen LogP contribution in [0.3, 0.4) is 0 Å². The van der Waals surface area contributed by atoms with Gasteiger partial charge in [-0.3, -0.25) is 0 Å². The summed E-state index contributed by atoms with van der Waals surface area (Å²) in [5, 5.41) is 0. The quantitative estimate of drug-likeness (QED) is 0.943. The van der Waals surface area contributed by atoms with Crippen molar-refractivity contribution in [3.63, 3.8) is 0 Å². The highest BCUT2D eigenvalue weighted by atomic mass is 79.9. The Morgan fingerprint density at radius 1 is 1.33 bits per heavy atom. The molecular weight excluding hydrogens is 299 g/mol. The van der Waals surface area contributed by atoms with Crippen LogP contribution in [0, 0.1) is 12.7 Å². The van der Waals surface area contributed by atoms with Crippen molar-refractivity contribution < 1.29 is 9.13 Å². The molecule has 0 atom stereocenters. The van der Waals surface area contributed by atoms with Gasteiger partial charge in [-0.25, -0.2) is 9.37 Å².